The predicted octanol–water partition coefficient (Wildman–Crippen LogP) is -1.07. The fourth-order valence-corrected chi connectivity index (χ4v) is 1.20. The Morgan fingerprint density at radius 3 is 1.46 bits per heavy atom. The van der Waals surface area contributed by atoms with Gasteiger partial charge in [-0.2, -0.15) is 0 Å². The Labute approximate surface area is 77.6 Å². The highest BCUT2D eigenvalue weighted by Gasteiger charge is 2.15. The third kappa shape index (κ3) is 3.92. The molecular weight excluding hydrogens is 172 g/mol. The predicted molar refractivity (Wildman–Crippen MR) is 42.2 cm³/mol. The average molecular weight is 186 g/mol. The molecule has 0 aliphatic rings. The maximum absolute atomic E-state index is 10.5. The van der Waals surface area contributed by atoms with Crippen LogP contribution in [0.4, 0.5) is 0 Å². The van der Waals surface area contributed by atoms with E-state index in [9.17, 15) is 19.8 Å². The second-order valence-electron chi connectivity index (χ2n) is 3.08. The normalized spacial score (nSPS) is 14.9. The van der Waals surface area contributed by atoms with Crippen LogP contribution in [0.5, 0.6) is 0 Å². The Morgan fingerprint density at radius 1 is 1.00 bits per heavy atom. The van der Waals surface area contributed by atoms with Crippen molar-refractivity contribution in [1.82, 2.24) is 0 Å². The molecule has 4 nitrogen and oxygen atoms in total. The smallest absolute Gasteiger partial charge is 0.0445 e. The van der Waals surface area contributed by atoms with Gasteiger partial charge in [-0.25, -0.2) is 0 Å². The molecule has 0 bridgehead atoms. The highest BCUT2D eigenvalue weighted by atomic mass is 16.4. The second-order valence-corrected chi connectivity index (χ2v) is 3.08. The van der Waals surface area contributed by atoms with Crippen LogP contribution in [0.3, 0.4) is 0 Å². The molecule has 0 fully saturated rings. The molecule has 2 atom stereocenters. The van der Waals surface area contributed by atoms with E-state index in [1.807, 2.05) is 0 Å². The van der Waals surface area contributed by atoms with E-state index in [4.69, 9.17) is 0 Å². The number of aliphatic carboxylic acids is 2. The molecule has 0 amide bonds. The van der Waals surface area contributed by atoms with E-state index in [0.29, 0.717) is 12.8 Å². The van der Waals surface area contributed by atoms with E-state index in [-0.39, 0.29) is 6.42 Å². The topological polar surface area (TPSA) is 80.3 Å². The number of rotatable bonds is 6. The van der Waals surface area contributed by atoms with Gasteiger partial charge in [0.15, 0.2) is 0 Å². The highest BCUT2D eigenvalue weighted by molar-refractivity contribution is 5.71. The van der Waals surface area contributed by atoms with Crippen molar-refractivity contribution >= 4 is 11.9 Å². The molecule has 4 heteroatoms. The summed E-state index contributed by atoms with van der Waals surface area (Å²) >= 11 is 0. The number of carbonyl (C=O) groups is 2. The summed E-state index contributed by atoms with van der Waals surface area (Å²) in [5.74, 6) is -3.71. The van der Waals surface area contributed by atoms with Gasteiger partial charge in [0.05, 0.1) is 0 Å². The van der Waals surface area contributed by atoms with E-state index < -0.39 is 23.8 Å². The van der Waals surface area contributed by atoms with Crippen LogP contribution in [0.1, 0.15) is 33.1 Å². The van der Waals surface area contributed by atoms with E-state index in [1.54, 1.807) is 13.8 Å². The molecule has 0 aromatic heterocycles. The molecule has 0 saturated carbocycles. The quantitative estimate of drug-likeness (QED) is 0.529. The molecule has 0 aromatic carbocycles. The molecule has 0 aliphatic heterocycles. The van der Waals surface area contributed by atoms with Crippen molar-refractivity contribution in [2.24, 2.45) is 11.8 Å². The van der Waals surface area contributed by atoms with Crippen LogP contribution in [0, 0.1) is 11.8 Å². The van der Waals surface area contributed by atoms with Gasteiger partial charge >= 0.3 is 0 Å². The zero-order valence-corrected chi connectivity index (χ0v) is 7.91. The highest BCUT2D eigenvalue weighted by Crippen LogP contribution is 2.17. The largest absolute Gasteiger partial charge is 0.550 e. The molecule has 0 N–H and O–H groups in total. The first-order valence-electron chi connectivity index (χ1n) is 4.44. The summed E-state index contributed by atoms with van der Waals surface area (Å²) in [4.78, 5) is 21.0. The van der Waals surface area contributed by atoms with Gasteiger partial charge < -0.3 is 19.8 Å². The first-order valence-corrected chi connectivity index (χ1v) is 4.44. The number of hydrogen-bond acceptors (Lipinski definition) is 4. The Bertz CT molecular complexity index is 168. The van der Waals surface area contributed by atoms with E-state index in [2.05, 4.69) is 0 Å². The van der Waals surface area contributed by atoms with Gasteiger partial charge in [-0.3, -0.25) is 0 Å². The van der Waals surface area contributed by atoms with Crippen molar-refractivity contribution in [2.75, 3.05) is 0 Å². The van der Waals surface area contributed by atoms with E-state index in [0.717, 1.165) is 0 Å². The standard InChI is InChI=1S/C9H16O4/c1-3-6(8(10)11)5-7(4-2)9(12)13/h6-7H,3-5H2,1-2H3,(H,10,11)(H,12,13)/p-2. The van der Waals surface area contributed by atoms with Gasteiger partial charge in [0.25, 0.3) is 0 Å². The number of carbonyl (C=O) groups excluding carboxylic acids is 2. The van der Waals surface area contributed by atoms with Gasteiger partial charge in [-0.05, 0) is 31.1 Å². The average Bonchev–Trinajstić information content (AvgIpc) is 2.05. The summed E-state index contributed by atoms with van der Waals surface area (Å²) in [6.45, 7) is 3.39. The lowest BCUT2D eigenvalue weighted by Crippen LogP contribution is -2.37. The SMILES string of the molecule is CCC(CC(CC)C(=O)[O-])C(=O)[O-]. The molecular formula is C9H14O4-2. The molecule has 76 valence electrons. The molecule has 0 rings (SSSR count). The minimum Gasteiger partial charge on any atom is -0.550 e. The van der Waals surface area contributed by atoms with E-state index in [1.165, 1.54) is 0 Å². The van der Waals surface area contributed by atoms with Crippen LogP contribution < -0.4 is 10.2 Å². The molecule has 0 aromatic rings. The van der Waals surface area contributed by atoms with Crippen molar-refractivity contribution in [3.05, 3.63) is 0 Å². The summed E-state index contributed by atoms with van der Waals surface area (Å²) < 4.78 is 0. The molecule has 0 saturated heterocycles. The van der Waals surface area contributed by atoms with Crippen molar-refractivity contribution < 1.29 is 19.8 Å². The molecule has 0 spiro atoms. The first kappa shape index (κ1) is 11.9. The van der Waals surface area contributed by atoms with Gasteiger partial charge in [0, 0.05) is 11.9 Å². The molecule has 13 heavy (non-hydrogen) atoms. The zero-order chi connectivity index (χ0) is 10.4. The van der Waals surface area contributed by atoms with Crippen molar-refractivity contribution in [3.8, 4) is 0 Å². The number of carboxylic acid groups (broad SMARTS) is 2. The van der Waals surface area contributed by atoms with Gasteiger partial charge in [-0.1, -0.05) is 13.8 Å². The summed E-state index contributed by atoms with van der Waals surface area (Å²) in [6.07, 6.45) is 0.899. The summed E-state index contributed by atoms with van der Waals surface area (Å²) in [5.41, 5.74) is 0. The van der Waals surface area contributed by atoms with Gasteiger partial charge in [0.2, 0.25) is 0 Å². The van der Waals surface area contributed by atoms with Crippen LogP contribution in [0.15, 0.2) is 0 Å². The van der Waals surface area contributed by atoms with Crippen molar-refractivity contribution in [2.45, 2.75) is 33.1 Å². The number of hydrogen-bond donors (Lipinski definition) is 0. The molecule has 0 aliphatic carbocycles. The summed E-state index contributed by atoms with van der Waals surface area (Å²) in [6, 6.07) is 0. The van der Waals surface area contributed by atoms with Crippen LogP contribution >= 0.6 is 0 Å². The van der Waals surface area contributed by atoms with Crippen LogP contribution in [-0.2, 0) is 9.59 Å². The molecule has 2 unspecified atom stereocenters. The Balaban J connectivity index is 4.19. The second kappa shape index (κ2) is 5.56. The molecule has 0 heterocycles. The van der Waals surface area contributed by atoms with Crippen molar-refractivity contribution in [3.63, 3.8) is 0 Å². The maximum Gasteiger partial charge on any atom is 0.0445 e. The van der Waals surface area contributed by atoms with Gasteiger partial charge in [0.1, 0.15) is 0 Å². The lowest BCUT2D eigenvalue weighted by Gasteiger charge is -2.22. The van der Waals surface area contributed by atoms with E-state index >= 15 is 0 Å². The first-order chi connectivity index (χ1) is 6.02. The Hall–Kier alpha value is -1.06. The minimum atomic E-state index is -1.18. The number of carboxylic acids is 2. The fourth-order valence-electron chi connectivity index (χ4n) is 1.20. The lowest BCUT2D eigenvalue weighted by molar-refractivity contribution is -0.316. The van der Waals surface area contributed by atoms with Crippen LogP contribution in [-0.4, -0.2) is 11.9 Å². The summed E-state index contributed by atoms with van der Waals surface area (Å²) in [7, 11) is 0. The molecule has 0 radical (unpaired) electrons. The van der Waals surface area contributed by atoms with Crippen LogP contribution in [0.25, 0.3) is 0 Å². The third-order valence-electron chi connectivity index (χ3n) is 2.22. The van der Waals surface area contributed by atoms with Crippen LogP contribution in [0.2, 0.25) is 0 Å². The lowest BCUT2D eigenvalue weighted by atomic mass is 9.91. The maximum atomic E-state index is 10.5. The fraction of sp³-hybridized carbons (Fsp3) is 0.778. The van der Waals surface area contributed by atoms with Gasteiger partial charge in [-0.15, -0.1) is 0 Å². The van der Waals surface area contributed by atoms with Crippen molar-refractivity contribution in [1.29, 1.82) is 0 Å². The Kier molecular flexibility index (Phi) is 5.11. The Morgan fingerprint density at radius 2 is 1.31 bits per heavy atom. The minimum absolute atomic E-state index is 0.109. The monoisotopic (exact) mass is 186 g/mol. The summed E-state index contributed by atoms with van der Waals surface area (Å²) in [5, 5.41) is 21.0. The zero-order valence-electron chi connectivity index (χ0n) is 7.91. The third-order valence-corrected chi connectivity index (χ3v) is 2.22.